The molecule has 4 aliphatic carbocycles. The van der Waals surface area contributed by atoms with Gasteiger partial charge >= 0.3 is 0 Å². The Kier molecular flexibility index (Phi) is 3.56. The number of rotatable bonds is 4. The van der Waals surface area contributed by atoms with E-state index in [1.807, 2.05) is 0 Å². The molecule has 1 aromatic rings. The number of carbonyl (C=O) groups is 3. The predicted octanol–water partition coefficient (Wildman–Crippen LogP) is 0.203. The van der Waals surface area contributed by atoms with Crippen LogP contribution in [-0.2, 0) is 9.59 Å². The maximum Gasteiger partial charge on any atom is 0.270 e. The van der Waals surface area contributed by atoms with E-state index in [2.05, 4.69) is 10.3 Å². The van der Waals surface area contributed by atoms with Gasteiger partial charge in [-0.3, -0.25) is 19.4 Å². The lowest BCUT2D eigenvalue weighted by atomic mass is 9.45. The highest BCUT2D eigenvalue weighted by Crippen LogP contribution is 2.60. The Morgan fingerprint density at radius 1 is 1.04 bits per heavy atom. The van der Waals surface area contributed by atoms with Gasteiger partial charge in [0.2, 0.25) is 11.8 Å². The number of nitrogens with one attached hydrogen (secondary N) is 1. The van der Waals surface area contributed by atoms with Crippen LogP contribution in [0.1, 0.15) is 36.2 Å². The zero-order chi connectivity index (χ0) is 17.8. The third-order valence-electron chi connectivity index (χ3n) is 6.44. The van der Waals surface area contributed by atoms with Gasteiger partial charge in [-0.1, -0.05) is 6.07 Å². The Balaban J connectivity index is 1.67. The van der Waals surface area contributed by atoms with Gasteiger partial charge in [-0.2, -0.15) is 0 Å². The van der Waals surface area contributed by atoms with Crippen molar-refractivity contribution in [3.8, 4) is 0 Å². The van der Waals surface area contributed by atoms with Gasteiger partial charge in [-0.25, -0.2) is 0 Å². The summed E-state index contributed by atoms with van der Waals surface area (Å²) < 4.78 is 0. The first kappa shape index (κ1) is 16.1. The topological polar surface area (TPSA) is 128 Å². The van der Waals surface area contributed by atoms with E-state index in [-0.39, 0.29) is 41.4 Å². The summed E-state index contributed by atoms with van der Waals surface area (Å²) in [6.07, 6.45) is 4.25. The molecule has 3 unspecified atom stereocenters. The first-order valence-corrected chi connectivity index (χ1v) is 8.73. The van der Waals surface area contributed by atoms with Crippen LogP contribution in [0.2, 0.25) is 0 Å². The normalized spacial score (nSPS) is 38.3. The number of amides is 3. The molecule has 4 saturated carbocycles. The second-order valence-corrected chi connectivity index (χ2v) is 7.79. The zero-order valence-electron chi connectivity index (χ0n) is 13.9. The quantitative estimate of drug-likeness (QED) is 0.722. The Morgan fingerprint density at radius 3 is 2.24 bits per heavy atom. The van der Waals surface area contributed by atoms with Gasteiger partial charge in [0.25, 0.3) is 5.91 Å². The number of hydrogen-bond acceptors (Lipinski definition) is 4. The average molecular weight is 342 g/mol. The van der Waals surface area contributed by atoms with E-state index < -0.39 is 11.5 Å². The van der Waals surface area contributed by atoms with Crippen molar-refractivity contribution in [3.05, 3.63) is 30.1 Å². The summed E-state index contributed by atoms with van der Waals surface area (Å²) in [4.78, 5) is 40.9. The third-order valence-corrected chi connectivity index (χ3v) is 6.44. The molecule has 4 aliphatic rings. The SMILES string of the molecule is NC(=O)C1C2CC3CC1CC(NC(=O)c1ccccn1)(C2)C3C(N)=O. The van der Waals surface area contributed by atoms with Gasteiger partial charge in [0.1, 0.15) is 5.69 Å². The largest absolute Gasteiger partial charge is 0.369 e. The Labute approximate surface area is 145 Å². The van der Waals surface area contributed by atoms with Gasteiger partial charge in [0.15, 0.2) is 0 Å². The van der Waals surface area contributed by atoms with E-state index in [9.17, 15) is 14.4 Å². The highest BCUT2D eigenvalue weighted by molar-refractivity contribution is 5.93. The van der Waals surface area contributed by atoms with Crippen LogP contribution in [0, 0.1) is 29.6 Å². The zero-order valence-corrected chi connectivity index (χ0v) is 13.9. The number of carbonyl (C=O) groups excluding carboxylic acids is 3. The molecular weight excluding hydrogens is 320 g/mol. The van der Waals surface area contributed by atoms with Crippen LogP contribution in [-0.4, -0.2) is 28.2 Å². The second kappa shape index (κ2) is 5.54. The minimum absolute atomic E-state index is 0.106. The fourth-order valence-corrected chi connectivity index (χ4v) is 5.91. The molecule has 3 atom stereocenters. The van der Waals surface area contributed by atoms with Crippen LogP contribution in [0.15, 0.2) is 24.4 Å². The summed E-state index contributed by atoms with van der Waals surface area (Å²) in [5, 5.41) is 3.08. The highest BCUT2D eigenvalue weighted by atomic mass is 16.2. The van der Waals surface area contributed by atoms with Crippen molar-refractivity contribution < 1.29 is 14.4 Å². The summed E-state index contributed by atoms with van der Waals surface area (Å²) in [5.74, 6) is -1.19. The van der Waals surface area contributed by atoms with Crippen molar-refractivity contribution in [1.82, 2.24) is 10.3 Å². The lowest BCUT2D eigenvalue weighted by Crippen LogP contribution is -2.70. The molecule has 1 aromatic heterocycles. The summed E-state index contributed by atoms with van der Waals surface area (Å²) in [6, 6.07) is 5.13. The number of aromatic nitrogens is 1. The van der Waals surface area contributed by atoms with Crippen LogP contribution >= 0.6 is 0 Å². The minimum atomic E-state index is -0.692. The number of nitrogens with two attached hydrogens (primary N) is 2. The summed E-state index contributed by atoms with van der Waals surface area (Å²) in [6.45, 7) is 0. The molecule has 0 aromatic carbocycles. The molecule has 132 valence electrons. The Bertz CT molecular complexity index is 719. The number of hydrogen-bond donors (Lipinski definition) is 3. The third kappa shape index (κ3) is 2.41. The molecule has 7 heteroatoms. The maximum atomic E-state index is 12.7. The van der Waals surface area contributed by atoms with E-state index in [4.69, 9.17) is 11.5 Å². The number of primary amides is 2. The monoisotopic (exact) mass is 342 g/mol. The van der Waals surface area contributed by atoms with Gasteiger partial charge in [-0.15, -0.1) is 0 Å². The molecule has 5 N–H and O–H groups in total. The summed E-state index contributed by atoms with van der Waals surface area (Å²) in [7, 11) is 0. The van der Waals surface area contributed by atoms with Crippen LogP contribution in [0.4, 0.5) is 0 Å². The molecule has 0 saturated heterocycles. The number of pyridine rings is 1. The van der Waals surface area contributed by atoms with Crippen molar-refractivity contribution in [2.24, 2.45) is 41.1 Å². The molecule has 3 amide bonds. The average Bonchev–Trinajstić information content (AvgIpc) is 2.53. The standard InChI is InChI=1S/C18H22N4O3/c19-15(23)13-10-5-9-6-11(13)8-18(7-10,14(9)16(20)24)22-17(25)12-3-1-2-4-21-12/h1-4,9-11,13-14H,5-8H2,(H2,19,23)(H2,20,24)(H,22,25). The number of nitrogens with zero attached hydrogens (tertiary/aromatic N) is 1. The first-order chi connectivity index (χ1) is 11.9. The lowest BCUT2D eigenvalue weighted by molar-refractivity contribution is -0.154. The van der Waals surface area contributed by atoms with Crippen LogP contribution in [0.5, 0.6) is 0 Å². The van der Waals surface area contributed by atoms with Gasteiger partial charge in [0, 0.05) is 12.1 Å². The van der Waals surface area contributed by atoms with E-state index in [0.29, 0.717) is 18.5 Å². The molecule has 7 nitrogen and oxygen atoms in total. The smallest absolute Gasteiger partial charge is 0.270 e. The Hall–Kier alpha value is -2.44. The molecule has 5 rings (SSSR count). The highest BCUT2D eigenvalue weighted by Gasteiger charge is 2.63. The fraction of sp³-hybridized carbons (Fsp3) is 0.556. The van der Waals surface area contributed by atoms with E-state index >= 15 is 0 Å². The van der Waals surface area contributed by atoms with Gasteiger partial charge < -0.3 is 16.8 Å². The van der Waals surface area contributed by atoms with E-state index in [1.54, 1.807) is 24.4 Å². The van der Waals surface area contributed by atoms with Crippen molar-refractivity contribution in [2.75, 3.05) is 0 Å². The first-order valence-electron chi connectivity index (χ1n) is 8.73. The van der Waals surface area contributed by atoms with Crippen molar-refractivity contribution in [1.29, 1.82) is 0 Å². The summed E-state index contributed by atoms with van der Waals surface area (Å²) in [5.41, 5.74) is 11.0. The minimum Gasteiger partial charge on any atom is -0.369 e. The van der Waals surface area contributed by atoms with Gasteiger partial charge in [0.05, 0.1) is 11.5 Å². The molecule has 0 aliphatic heterocycles. The molecule has 4 bridgehead atoms. The van der Waals surface area contributed by atoms with Crippen LogP contribution in [0.25, 0.3) is 0 Å². The van der Waals surface area contributed by atoms with Gasteiger partial charge in [-0.05, 0) is 55.6 Å². The van der Waals surface area contributed by atoms with E-state index in [1.165, 1.54) is 0 Å². The van der Waals surface area contributed by atoms with Crippen LogP contribution in [0.3, 0.4) is 0 Å². The second-order valence-electron chi connectivity index (χ2n) is 7.79. The van der Waals surface area contributed by atoms with Crippen molar-refractivity contribution in [2.45, 2.75) is 31.2 Å². The maximum absolute atomic E-state index is 12.7. The fourth-order valence-electron chi connectivity index (χ4n) is 5.91. The lowest BCUT2D eigenvalue weighted by Gasteiger charge is -2.62. The molecule has 0 spiro atoms. The molecule has 1 heterocycles. The van der Waals surface area contributed by atoms with Crippen molar-refractivity contribution in [3.63, 3.8) is 0 Å². The van der Waals surface area contributed by atoms with Crippen molar-refractivity contribution >= 4 is 17.7 Å². The predicted molar refractivity (Wildman–Crippen MR) is 88.7 cm³/mol. The molecule has 0 radical (unpaired) electrons. The Morgan fingerprint density at radius 2 is 1.72 bits per heavy atom. The van der Waals surface area contributed by atoms with E-state index in [0.717, 1.165) is 12.8 Å². The molecule has 4 fully saturated rings. The molecular formula is C18H22N4O3. The molecule has 25 heavy (non-hydrogen) atoms. The summed E-state index contributed by atoms with van der Waals surface area (Å²) >= 11 is 0. The van der Waals surface area contributed by atoms with Crippen LogP contribution < -0.4 is 16.8 Å².